The van der Waals surface area contributed by atoms with E-state index in [-0.39, 0.29) is 0 Å². The second kappa shape index (κ2) is 5.68. The fourth-order valence-corrected chi connectivity index (χ4v) is 3.81. The van der Waals surface area contributed by atoms with E-state index in [1.165, 1.54) is 77.9 Å². The lowest BCUT2D eigenvalue weighted by molar-refractivity contribution is 0.105. The Morgan fingerprint density at radius 3 is 2.59 bits per heavy atom. The third-order valence-electron chi connectivity index (χ3n) is 4.91. The Labute approximate surface area is 106 Å². The first-order chi connectivity index (χ1) is 8.42. The zero-order chi connectivity index (χ0) is 11.5. The van der Waals surface area contributed by atoms with Gasteiger partial charge in [0.25, 0.3) is 0 Å². The molecule has 0 radical (unpaired) electrons. The topological polar surface area (TPSA) is 18.5 Å². The molecule has 3 heterocycles. The number of nitrogens with zero attached hydrogens (tertiary/aromatic N) is 2. The van der Waals surface area contributed by atoms with Crippen LogP contribution in [0.4, 0.5) is 0 Å². The predicted octanol–water partition coefficient (Wildman–Crippen LogP) is 1.16. The van der Waals surface area contributed by atoms with Gasteiger partial charge in [0.1, 0.15) is 0 Å². The van der Waals surface area contributed by atoms with Gasteiger partial charge in [0.15, 0.2) is 0 Å². The normalized spacial score (nSPS) is 36.0. The summed E-state index contributed by atoms with van der Waals surface area (Å²) in [5.41, 5.74) is 0. The molecule has 0 aromatic heterocycles. The summed E-state index contributed by atoms with van der Waals surface area (Å²) in [5.74, 6) is 0.941. The van der Waals surface area contributed by atoms with Crippen molar-refractivity contribution in [2.24, 2.45) is 5.92 Å². The zero-order valence-corrected chi connectivity index (χ0v) is 11.0. The molecule has 3 rings (SSSR count). The highest BCUT2D eigenvalue weighted by atomic mass is 15.2. The molecule has 3 saturated heterocycles. The van der Waals surface area contributed by atoms with E-state index < -0.39 is 0 Å². The molecule has 3 heteroatoms. The molecule has 1 N–H and O–H groups in total. The molecule has 3 aliphatic rings. The monoisotopic (exact) mass is 237 g/mol. The van der Waals surface area contributed by atoms with Crippen LogP contribution in [0.3, 0.4) is 0 Å². The van der Waals surface area contributed by atoms with Crippen molar-refractivity contribution in [3.05, 3.63) is 0 Å². The molecule has 2 unspecified atom stereocenters. The maximum absolute atomic E-state index is 3.70. The maximum atomic E-state index is 3.70. The number of hydrogen-bond donors (Lipinski definition) is 1. The summed E-state index contributed by atoms with van der Waals surface area (Å²) in [7, 11) is 0. The van der Waals surface area contributed by atoms with E-state index in [0.29, 0.717) is 0 Å². The number of likely N-dealkylation sites (tertiary alicyclic amines) is 2. The van der Waals surface area contributed by atoms with E-state index in [0.717, 1.165) is 12.0 Å². The molecule has 0 amide bonds. The van der Waals surface area contributed by atoms with Crippen molar-refractivity contribution in [2.45, 2.75) is 38.1 Å². The number of rotatable bonds is 3. The van der Waals surface area contributed by atoms with Crippen LogP contribution in [0.2, 0.25) is 0 Å². The SMILES string of the molecule is C1CNC2CCN(CCN3CCCC3)CC2C1. The van der Waals surface area contributed by atoms with E-state index in [4.69, 9.17) is 0 Å². The van der Waals surface area contributed by atoms with E-state index in [9.17, 15) is 0 Å². The third kappa shape index (κ3) is 3.01. The fraction of sp³-hybridized carbons (Fsp3) is 1.00. The van der Waals surface area contributed by atoms with Crippen LogP contribution in [-0.2, 0) is 0 Å². The van der Waals surface area contributed by atoms with Gasteiger partial charge in [-0.15, -0.1) is 0 Å². The number of fused-ring (bicyclic) bond motifs is 1. The molecule has 3 fully saturated rings. The highest BCUT2D eigenvalue weighted by Gasteiger charge is 2.30. The van der Waals surface area contributed by atoms with Gasteiger partial charge >= 0.3 is 0 Å². The molecule has 98 valence electrons. The van der Waals surface area contributed by atoms with Gasteiger partial charge in [-0.3, -0.25) is 0 Å². The van der Waals surface area contributed by atoms with E-state index in [1.54, 1.807) is 0 Å². The molecule has 0 saturated carbocycles. The van der Waals surface area contributed by atoms with Gasteiger partial charge in [-0.25, -0.2) is 0 Å². The molecule has 2 atom stereocenters. The molecule has 0 aliphatic carbocycles. The second-order valence-electron chi connectivity index (χ2n) is 6.10. The van der Waals surface area contributed by atoms with Crippen molar-refractivity contribution < 1.29 is 0 Å². The van der Waals surface area contributed by atoms with Gasteiger partial charge in [-0.2, -0.15) is 0 Å². The van der Waals surface area contributed by atoms with Crippen molar-refractivity contribution in [3.63, 3.8) is 0 Å². The molecule has 0 aromatic rings. The Morgan fingerprint density at radius 2 is 1.71 bits per heavy atom. The largest absolute Gasteiger partial charge is 0.314 e. The van der Waals surface area contributed by atoms with E-state index >= 15 is 0 Å². The quantitative estimate of drug-likeness (QED) is 0.794. The van der Waals surface area contributed by atoms with E-state index in [2.05, 4.69) is 15.1 Å². The Balaban J connectivity index is 1.42. The summed E-state index contributed by atoms with van der Waals surface area (Å²) >= 11 is 0. The lowest BCUT2D eigenvalue weighted by Gasteiger charge is -2.42. The lowest BCUT2D eigenvalue weighted by atomic mass is 9.85. The van der Waals surface area contributed by atoms with Gasteiger partial charge in [0.05, 0.1) is 0 Å². The summed E-state index contributed by atoms with van der Waals surface area (Å²) < 4.78 is 0. The molecule has 0 spiro atoms. The van der Waals surface area contributed by atoms with Crippen molar-refractivity contribution in [1.82, 2.24) is 15.1 Å². The Morgan fingerprint density at radius 1 is 0.882 bits per heavy atom. The van der Waals surface area contributed by atoms with Crippen LogP contribution in [0.15, 0.2) is 0 Å². The highest BCUT2D eigenvalue weighted by molar-refractivity contribution is 4.88. The van der Waals surface area contributed by atoms with Gasteiger partial charge < -0.3 is 15.1 Å². The Hall–Kier alpha value is -0.120. The van der Waals surface area contributed by atoms with Gasteiger partial charge in [0.2, 0.25) is 0 Å². The molecule has 0 bridgehead atoms. The molecule has 3 aliphatic heterocycles. The summed E-state index contributed by atoms with van der Waals surface area (Å²) in [6.45, 7) is 9.25. The smallest absolute Gasteiger partial charge is 0.0120 e. The molecular weight excluding hydrogens is 210 g/mol. The molecule has 17 heavy (non-hydrogen) atoms. The standard InChI is InChI=1S/C14H27N3/c1-2-8-16(7-1)10-11-17-9-5-14-13(12-17)4-3-6-15-14/h13-15H,1-12H2. The van der Waals surface area contributed by atoms with Crippen LogP contribution < -0.4 is 5.32 Å². The summed E-state index contributed by atoms with van der Waals surface area (Å²) in [6.07, 6.45) is 7.08. The maximum Gasteiger partial charge on any atom is 0.0120 e. The van der Waals surface area contributed by atoms with Crippen LogP contribution in [0.1, 0.15) is 32.1 Å². The summed E-state index contributed by atoms with van der Waals surface area (Å²) in [4.78, 5) is 5.36. The first-order valence-corrected chi connectivity index (χ1v) is 7.60. The van der Waals surface area contributed by atoms with Crippen LogP contribution in [0.5, 0.6) is 0 Å². The average molecular weight is 237 g/mol. The fourth-order valence-electron chi connectivity index (χ4n) is 3.81. The van der Waals surface area contributed by atoms with Crippen LogP contribution in [-0.4, -0.2) is 61.7 Å². The second-order valence-corrected chi connectivity index (χ2v) is 6.10. The molecule has 0 aromatic carbocycles. The van der Waals surface area contributed by atoms with Crippen LogP contribution >= 0.6 is 0 Å². The lowest BCUT2D eigenvalue weighted by Crippen LogP contribution is -2.53. The van der Waals surface area contributed by atoms with Gasteiger partial charge in [-0.05, 0) is 64.2 Å². The predicted molar refractivity (Wildman–Crippen MR) is 71.2 cm³/mol. The first-order valence-electron chi connectivity index (χ1n) is 7.60. The number of nitrogens with one attached hydrogen (secondary N) is 1. The first kappa shape index (κ1) is 11.9. The van der Waals surface area contributed by atoms with Crippen molar-refractivity contribution >= 4 is 0 Å². The van der Waals surface area contributed by atoms with Crippen molar-refractivity contribution in [2.75, 3.05) is 45.8 Å². The highest BCUT2D eigenvalue weighted by Crippen LogP contribution is 2.24. The van der Waals surface area contributed by atoms with Gasteiger partial charge in [-0.1, -0.05) is 0 Å². The third-order valence-corrected chi connectivity index (χ3v) is 4.91. The Bertz CT molecular complexity index is 238. The minimum Gasteiger partial charge on any atom is -0.314 e. The molecular formula is C14H27N3. The van der Waals surface area contributed by atoms with Crippen LogP contribution in [0, 0.1) is 5.92 Å². The Kier molecular flexibility index (Phi) is 3.99. The van der Waals surface area contributed by atoms with Crippen molar-refractivity contribution in [1.29, 1.82) is 0 Å². The van der Waals surface area contributed by atoms with Crippen LogP contribution in [0.25, 0.3) is 0 Å². The molecule has 3 nitrogen and oxygen atoms in total. The summed E-state index contributed by atoms with van der Waals surface area (Å²) in [5, 5.41) is 3.70. The van der Waals surface area contributed by atoms with Gasteiger partial charge in [0, 0.05) is 25.7 Å². The summed E-state index contributed by atoms with van der Waals surface area (Å²) in [6, 6.07) is 0.840. The number of piperidine rings is 2. The number of hydrogen-bond acceptors (Lipinski definition) is 3. The zero-order valence-electron chi connectivity index (χ0n) is 11.0. The van der Waals surface area contributed by atoms with E-state index in [1.807, 2.05) is 0 Å². The minimum absolute atomic E-state index is 0.840. The minimum atomic E-state index is 0.840. The van der Waals surface area contributed by atoms with Crippen molar-refractivity contribution in [3.8, 4) is 0 Å². The average Bonchev–Trinajstić information content (AvgIpc) is 2.89.